The number of hydrogen-bond donors (Lipinski definition) is 0. The van der Waals surface area contributed by atoms with Crippen molar-refractivity contribution < 1.29 is 14.1 Å². The van der Waals surface area contributed by atoms with Gasteiger partial charge in [-0.3, -0.25) is 4.79 Å². The van der Waals surface area contributed by atoms with Crippen molar-refractivity contribution in [2.75, 3.05) is 39.8 Å². The fourth-order valence-electron chi connectivity index (χ4n) is 3.04. The molecule has 1 aromatic rings. The maximum atomic E-state index is 12.2. The molecule has 1 saturated heterocycles. The minimum Gasteiger partial charge on any atom is -0.345 e. The Bertz CT molecular complexity index is 618. The minimum atomic E-state index is 0.0706. The van der Waals surface area contributed by atoms with Crippen LogP contribution < -0.4 is 0 Å². The maximum absolute atomic E-state index is 12.2. The van der Waals surface area contributed by atoms with Gasteiger partial charge in [-0.05, 0) is 26.7 Å². The van der Waals surface area contributed by atoms with Crippen LogP contribution >= 0.6 is 0 Å². The molecule has 0 N–H and O–H groups in total. The molecule has 2 fully saturated rings. The topological polar surface area (TPSA) is 82.8 Å². The highest BCUT2D eigenvalue weighted by Crippen LogP contribution is 2.30. The molecule has 1 aliphatic heterocycles. The maximum Gasteiger partial charge on any atom is 0.320 e. The zero-order chi connectivity index (χ0) is 18.0. The van der Waals surface area contributed by atoms with Crippen LogP contribution in [-0.2, 0) is 11.2 Å². The number of nitrogens with zero attached hydrogens (tertiary/aromatic N) is 5. The number of amides is 3. The third-order valence-electron chi connectivity index (χ3n) is 4.99. The molecule has 2 aliphatic rings. The van der Waals surface area contributed by atoms with Crippen molar-refractivity contribution in [2.24, 2.45) is 5.92 Å². The average Bonchev–Trinajstić information content (AvgIpc) is 3.31. The molecule has 1 saturated carbocycles. The van der Waals surface area contributed by atoms with E-state index in [-0.39, 0.29) is 23.8 Å². The second-order valence-corrected chi connectivity index (χ2v) is 6.89. The van der Waals surface area contributed by atoms with E-state index in [4.69, 9.17) is 4.52 Å². The van der Waals surface area contributed by atoms with Crippen molar-refractivity contribution in [1.29, 1.82) is 0 Å². The van der Waals surface area contributed by atoms with Crippen LogP contribution in [0.25, 0.3) is 0 Å². The molecule has 3 amide bonds. The molecule has 8 nitrogen and oxygen atoms in total. The molecular weight excluding hydrogens is 322 g/mol. The van der Waals surface area contributed by atoms with E-state index in [2.05, 4.69) is 10.1 Å². The summed E-state index contributed by atoms with van der Waals surface area (Å²) in [7, 11) is 1.82. The van der Waals surface area contributed by atoms with Crippen molar-refractivity contribution in [3.05, 3.63) is 11.7 Å². The first-order chi connectivity index (χ1) is 12.0. The van der Waals surface area contributed by atoms with Crippen LogP contribution in [0, 0.1) is 5.92 Å². The standard InChI is InChI=1S/C17H27N5O3/c1-4-21(5-2)17(24)22-10-13(11-22)15-18-14(19-25-15)8-9-20(3)16(23)12-6-7-12/h12-13H,4-11H2,1-3H3. The molecule has 2 heterocycles. The summed E-state index contributed by atoms with van der Waals surface area (Å²) in [6.45, 7) is 7.24. The van der Waals surface area contributed by atoms with E-state index in [0.29, 0.717) is 50.9 Å². The van der Waals surface area contributed by atoms with E-state index in [1.54, 1.807) is 4.90 Å². The summed E-state index contributed by atoms with van der Waals surface area (Å²) in [5, 5.41) is 4.01. The number of rotatable bonds is 7. The van der Waals surface area contributed by atoms with E-state index in [0.717, 1.165) is 12.8 Å². The lowest BCUT2D eigenvalue weighted by atomic mass is 10.0. The molecule has 0 unspecified atom stereocenters. The Morgan fingerprint density at radius 1 is 1.24 bits per heavy atom. The Kier molecular flexibility index (Phi) is 5.24. The molecule has 0 radical (unpaired) electrons. The number of likely N-dealkylation sites (tertiary alicyclic amines) is 1. The molecule has 1 aliphatic carbocycles. The van der Waals surface area contributed by atoms with Gasteiger partial charge < -0.3 is 19.2 Å². The summed E-state index contributed by atoms with van der Waals surface area (Å²) in [4.78, 5) is 33.9. The highest BCUT2D eigenvalue weighted by Gasteiger charge is 2.37. The summed E-state index contributed by atoms with van der Waals surface area (Å²) >= 11 is 0. The Morgan fingerprint density at radius 3 is 2.52 bits per heavy atom. The highest BCUT2D eigenvalue weighted by atomic mass is 16.5. The zero-order valence-corrected chi connectivity index (χ0v) is 15.3. The summed E-state index contributed by atoms with van der Waals surface area (Å²) in [6.07, 6.45) is 2.62. The van der Waals surface area contributed by atoms with Crippen molar-refractivity contribution >= 4 is 11.9 Å². The van der Waals surface area contributed by atoms with Gasteiger partial charge in [-0.25, -0.2) is 4.79 Å². The molecule has 0 aromatic carbocycles. The molecule has 8 heteroatoms. The number of carbonyl (C=O) groups is 2. The first-order valence-corrected chi connectivity index (χ1v) is 9.14. The molecule has 138 valence electrons. The van der Waals surface area contributed by atoms with E-state index in [9.17, 15) is 9.59 Å². The van der Waals surface area contributed by atoms with E-state index in [1.807, 2.05) is 30.7 Å². The zero-order valence-electron chi connectivity index (χ0n) is 15.3. The molecule has 0 spiro atoms. The molecule has 3 rings (SSSR count). The highest BCUT2D eigenvalue weighted by molar-refractivity contribution is 5.80. The van der Waals surface area contributed by atoms with Gasteiger partial charge in [0.25, 0.3) is 0 Å². The Hall–Kier alpha value is -2.12. The molecule has 1 aromatic heterocycles. The van der Waals surface area contributed by atoms with Crippen molar-refractivity contribution in [3.8, 4) is 0 Å². The summed E-state index contributed by atoms with van der Waals surface area (Å²) in [5.74, 6) is 1.78. The Morgan fingerprint density at radius 2 is 1.92 bits per heavy atom. The van der Waals surface area contributed by atoms with Gasteiger partial charge in [-0.1, -0.05) is 5.16 Å². The summed E-state index contributed by atoms with van der Waals surface area (Å²) in [6, 6.07) is 0.0706. The van der Waals surface area contributed by atoms with Gasteiger partial charge >= 0.3 is 6.03 Å². The quantitative estimate of drug-likeness (QED) is 0.742. The minimum absolute atomic E-state index is 0.0706. The van der Waals surface area contributed by atoms with Crippen molar-refractivity contribution in [2.45, 2.75) is 39.0 Å². The Labute approximate surface area is 148 Å². The Balaban J connectivity index is 1.45. The van der Waals surface area contributed by atoms with Crippen molar-refractivity contribution in [1.82, 2.24) is 24.8 Å². The number of carbonyl (C=O) groups excluding carboxylic acids is 2. The molecular formula is C17H27N5O3. The van der Waals surface area contributed by atoms with Gasteiger partial charge in [0.1, 0.15) is 0 Å². The second kappa shape index (κ2) is 7.41. The largest absolute Gasteiger partial charge is 0.345 e. The van der Waals surface area contributed by atoms with Gasteiger partial charge in [0.2, 0.25) is 11.8 Å². The van der Waals surface area contributed by atoms with Crippen LogP contribution in [0.4, 0.5) is 4.79 Å². The van der Waals surface area contributed by atoms with Gasteiger partial charge in [0.15, 0.2) is 5.82 Å². The molecule has 25 heavy (non-hydrogen) atoms. The fraction of sp³-hybridized carbons (Fsp3) is 0.765. The van der Waals surface area contributed by atoms with Gasteiger partial charge in [0, 0.05) is 52.1 Å². The lowest BCUT2D eigenvalue weighted by Crippen LogP contribution is -2.53. The lowest BCUT2D eigenvalue weighted by molar-refractivity contribution is -0.131. The monoisotopic (exact) mass is 349 g/mol. The SMILES string of the molecule is CCN(CC)C(=O)N1CC(c2nc(CCN(C)C(=O)C3CC3)no2)C1. The smallest absolute Gasteiger partial charge is 0.320 e. The third-order valence-corrected chi connectivity index (χ3v) is 4.99. The van der Waals surface area contributed by atoms with Gasteiger partial charge in [-0.2, -0.15) is 4.98 Å². The number of likely N-dealkylation sites (N-methyl/N-ethyl adjacent to an activating group) is 1. The lowest BCUT2D eigenvalue weighted by Gasteiger charge is -2.39. The van der Waals surface area contributed by atoms with E-state index >= 15 is 0 Å². The second-order valence-electron chi connectivity index (χ2n) is 6.89. The van der Waals surface area contributed by atoms with Gasteiger partial charge in [0.05, 0.1) is 5.92 Å². The van der Waals surface area contributed by atoms with E-state index in [1.165, 1.54) is 0 Å². The van der Waals surface area contributed by atoms with Crippen LogP contribution in [-0.4, -0.2) is 76.6 Å². The van der Waals surface area contributed by atoms with E-state index < -0.39 is 0 Å². The predicted octanol–water partition coefficient (Wildman–Crippen LogP) is 1.34. The number of aromatic nitrogens is 2. The van der Waals surface area contributed by atoms with Crippen LogP contribution in [0.5, 0.6) is 0 Å². The molecule has 0 atom stereocenters. The normalized spacial score (nSPS) is 17.3. The van der Waals surface area contributed by atoms with Gasteiger partial charge in [-0.15, -0.1) is 0 Å². The first kappa shape index (κ1) is 17.7. The van der Waals surface area contributed by atoms with Crippen LogP contribution in [0.15, 0.2) is 4.52 Å². The fourth-order valence-corrected chi connectivity index (χ4v) is 3.04. The third kappa shape index (κ3) is 3.93. The van der Waals surface area contributed by atoms with Crippen LogP contribution in [0.3, 0.4) is 0 Å². The number of hydrogen-bond acceptors (Lipinski definition) is 5. The van der Waals surface area contributed by atoms with Crippen LogP contribution in [0.2, 0.25) is 0 Å². The first-order valence-electron chi connectivity index (χ1n) is 9.14. The summed E-state index contributed by atoms with van der Waals surface area (Å²) < 4.78 is 5.35. The predicted molar refractivity (Wildman–Crippen MR) is 91.0 cm³/mol. The number of urea groups is 1. The molecule has 0 bridgehead atoms. The van der Waals surface area contributed by atoms with Crippen molar-refractivity contribution in [3.63, 3.8) is 0 Å². The van der Waals surface area contributed by atoms with Crippen LogP contribution in [0.1, 0.15) is 44.3 Å². The summed E-state index contributed by atoms with van der Waals surface area (Å²) in [5.41, 5.74) is 0. The average molecular weight is 349 g/mol.